The highest BCUT2D eigenvalue weighted by molar-refractivity contribution is 4.90. The Bertz CT molecular complexity index is 196. The van der Waals surface area contributed by atoms with Crippen molar-refractivity contribution < 1.29 is 5.11 Å². The second kappa shape index (κ2) is 4.17. The van der Waals surface area contributed by atoms with Crippen molar-refractivity contribution in [3.05, 3.63) is 0 Å². The van der Waals surface area contributed by atoms with Crippen molar-refractivity contribution in [2.45, 2.75) is 44.9 Å². The number of fused-ring (bicyclic) bond motifs is 1. The van der Waals surface area contributed by atoms with Gasteiger partial charge in [-0.3, -0.25) is 9.80 Å². The van der Waals surface area contributed by atoms with Gasteiger partial charge in [-0.1, -0.05) is 0 Å². The summed E-state index contributed by atoms with van der Waals surface area (Å²) >= 11 is 0. The summed E-state index contributed by atoms with van der Waals surface area (Å²) < 4.78 is 0. The first-order chi connectivity index (χ1) is 6.66. The van der Waals surface area contributed by atoms with Crippen molar-refractivity contribution in [3.63, 3.8) is 0 Å². The van der Waals surface area contributed by atoms with Crippen LogP contribution < -0.4 is 0 Å². The summed E-state index contributed by atoms with van der Waals surface area (Å²) in [4.78, 5) is 5.06. The van der Waals surface area contributed by atoms with Gasteiger partial charge in [0.05, 0.1) is 6.10 Å². The van der Waals surface area contributed by atoms with Crippen LogP contribution >= 0.6 is 0 Å². The van der Waals surface area contributed by atoms with Crippen molar-refractivity contribution in [1.29, 1.82) is 0 Å². The minimum atomic E-state index is -0.189. The lowest BCUT2D eigenvalue weighted by molar-refractivity contribution is 0.0279. The second-order valence-corrected chi connectivity index (χ2v) is 4.94. The largest absolute Gasteiger partial charge is 0.392 e. The number of aliphatic hydroxyl groups excluding tert-OH is 1. The molecule has 0 aromatic heterocycles. The average molecular weight is 198 g/mol. The Morgan fingerprint density at radius 3 is 2.93 bits per heavy atom. The SMILES string of the molecule is CC(O)CN1CC2CCCN2CC1C. The van der Waals surface area contributed by atoms with Crippen LogP contribution in [0.15, 0.2) is 0 Å². The molecule has 0 aliphatic carbocycles. The Morgan fingerprint density at radius 2 is 2.21 bits per heavy atom. The predicted octanol–water partition coefficient (Wildman–Crippen LogP) is 0.536. The van der Waals surface area contributed by atoms with E-state index in [0.29, 0.717) is 6.04 Å². The third-order valence-corrected chi connectivity index (χ3v) is 3.57. The van der Waals surface area contributed by atoms with Crippen molar-refractivity contribution in [1.82, 2.24) is 9.80 Å². The fourth-order valence-corrected chi connectivity index (χ4v) is 2.84. The molecule has 82 valence electrons. The summed E-state index contributed by atoms with van der Waals surface area (Å²) in [6.07, 6.45) is 2.52. The number of aliphatic hydroxyl groups is 1. The van der Waals surface area contributed by atoms with Gasteiger partial charge in [0.2, 0.25) is 0 Å². The minimum absolute atomic E-state index is 0.189. The van der Waals surface area contributed by atoms with Gasteiger partial charge >= 0.3 is 0 Å². The van der Waals surface area contributed by atoms with Crippen molar-refractivity contribution >= 4 is 0 Å². The summed E-state index contributed by atoms with van der Waals surface area (Å²) in [6, 6.07) is 1.38. The summed E-state index contributed by atoms with van der Waals surface area (Å²) in [6.45, 7) is 8.64. The van der Waals surface area contributed by atoms with E-state index in [2.05, 4.69) is 16.7 Å². The highest BCUT2D eigenvalue weighted by Gasteiger charge is 2.34. The van der Waals surface area contributed by atoms with Crippen LogP contribution in [0.5, 0.6) is 0 Å². The van der Waals surface area contributed by atoms with Gasteiger partial charge in [-0.2, -0.15) is 0 Å². The Morgan fingerprint density at radius 1 is 1.43 bits per heavy atom. The van der Waals surface area contributed by atoms with Gasteiger partial charge < -0.3 is 5.11 Å². The summed E-state index contributed by atoms with van der Waals surface area (Å²) in [5.74, 6) is 0. The summed E-state index contributed by atoms with van der Waals surface area (Å²) in [7, 11) is 0. The maximum absolute atomic E-state index is 9.41. The third-order valence-electron chi connectivity index (χ3n) is 3.57. The van der Waals surface area contributed by atoms with E-state index in [-0.39, 0.29) is 6.10 Å². The molecule has 0 saturated carbocycles. The van der Waals surface area contributed by atoms with Crippen molar-refractivity contribution in [2.75, 3.05) is 26.2 Å². The van der Waals surface area contributed by atoms with Crippen LogP contribution in [-0.4, -0.2) is 59.3 Å². The lowest BCUT2D eigenvalue weighted by Gasteiger charge is -2.42. The molecular weight excluding hydrogens is 176 g/mol. The zero-order valence-corrected chi connectivity index (χ0v) is 9.32. The van der Waals surface area contributed by atoms with Crippen LogP contribution in [0.1, 0.15) is 26.7 Å². The van der Waals surface area contributed by atoms with E-state index in [4.69, 9.17) is 0 Å². The van der Waals surface area contributed by atoms with Crippen LogP contribution in [-0.2, 0) is 0 Å². The van der Waals surface area contributed by atoms with Gasteiger partial charge in [0.1, 0.15) is 0 Å². The van der Waals surface area contributed by atoms with E-state index in [1.54, 1.807) is 0 Å². The second-order valence-electron chi connectivity index (χ2n) is 4.94. The Labute approximate surface area is 86.7 Å². The summed E-state index contributed by atoms with van der Waals surface area (Å²) in [5, 5.41) is 9.41. The maximum atomic E-state index is 9.41. The molecule has 3 nitrogen and oxygen atoms in total. The molecular formula is C11H22N2O. The molecule has 0 aromatic rings. The first-order valence-electron chi connectivity index (χ1n) is 5.83. The van der Waals surface area contributed by atoms with Crippen LogP contribution in [0.4, 0.5) is 0 Å². The van der Waals surface area contributed by atoms with Gasteiger partial charge in [-0.25, -0.2) is 0 Å². The number of hydrogen-bond acceptors (Lipinski definition) is 3. The highest BCUT2D eigenvalue weighted by atomic mass is 16.3. The molecule has 0 aromatic carbocycles. The number of nitrogens with zero attached hydrogens (tertiary/aromatic N) is 2. The Hall–Kier alpha value is -0.120. The fraction of sp³-hybridized carbons (Fsp3) is 1.00. The van der Waals surface area contributed by atoms with Gasteiger partial charge in [0.15, 0.2) is 0 Å². The monoisotopic (exact) mass is 198 g/mol. The van der Waals surface area contributed by atoms with E-state index in [0.717, 1.165) is 19.1 Å². The molecule has 2 aliphatic heterocycles. The fourth-order valence-electron chi connectivity index (χ4n) is 2.84. The lowest BCUT2D eigenvalue weighted by atomic mass is 10.1. The molecule has 2 heterocycles. The van der Waals surface area contributed by atoms with Crippen molar-refractivity contribution in [3.8, 4) is 0 Å². The van der Waals surface area contributed by atoms with Gasteiger partial charge in [-0.05, 0) is 33.2 Å². The first kappa shape index (κ1) is 10.4. The van der Waals surface area contributed by atoms with E-state index < -0.39 is 0 Å². The number of hydrogen-bond donors (Lipinski definition) is 1. The van der Waals surface area contributed by atoms with Crippen molar-refractivity contribution in [2.24, 2.45) is 0 Å². The van der Waals surface area contributed by atoms with Gasteiger partial charge in [0.25, 0.3) is 0 Å². The van der Waals surface area contributed by atoms with E-state index in [9.17, 15) is 5.11 Å². The lowest BCUT2D eigenvalue weighted by Crippen LogP contribution is -2.56. The molecule has 3 unspecified atom stereocenters. The Balaban J connectivity index is 1.92. The van der Waals surface area contributed by atoms with E-state index >= 15 is 0 Å². The molecule has 2 aliphatic rings. The van der Waals surface area contributed by atoms with E-state index in [1.807, 2.05) is 6.92 Å². The molecule has 0 amide bonds. The molecule has 1 N–H and O–H groups in total. The zero-order chi connectivity index (χ0) is 10.1. The smallest absolute Gasteiger partial charge is 0.0639 e. The average Bonchev–Trinajstić information content (AvgIpc) is 2.51. The predicted molar refractivity (Wildman–Crippen MR) is 57.3 cm³/mol. The van der Waals surface area contributed by atoms with Crippen LogP contribution in [0.2, 0.25) is 0 Å². The molecule has 2 saturated heterocycles. The summed E-state index contributed by atoms with van der Waals surface area (Å²) in [5.41, 5.74) is 0. The van der Waals surface area contributed by atoms with Crippen LogP contribution in [0.3, 0.4) is 0 Å². The molecule has 3 atom stereocenters. The maximum Gasteiger partial charge on any atom is 0.0639 e. The normalized spacial score (nSPS) is 37.1. The third kappa shape index (κ3) is 2.10. The molecule has 2 rings (SSSR count). The number of piperazine rings is 1. The van der Waals surface area contributed by atoms with Gasteiger partial charge in [0, 0.05) is 31.7 Å². The number of β-amino-alcohol motifs (C(OH)–C–C–N with tert-alkyl or cyclic N) is 1. The number of rotatable bonds is 2. The quantitative estimate of drug-likeness (QED) is 0.701. The highest BCUT2D eigenvalue weighted by Crippen LogP contribution is 2.24. The topological polar surface area (TPSA) is 26.7 Å². The van der Waals surface area contributed by atoms with Crippen LogP contribution in [0, 0.1) is 0 Å². The molecule has 0 bridgehead atoms. The molecule has 0 spiro atoms. The van der Waals surface area contributed by atoms with E-state index in [1.165, 1.54) is 25.9 Å². The first-order valence-corrected chi connectivity index (χ1v) is 5.83. The molecule has 2 fully saturated rings. The zero-order valence-electron chi connectivity index (χ0n) is 9.32. The Kier molecular flexibility index (Phi) is 3.10. The minimum Gasteiger partial charge on any atom is -0.392 e. The van der Waals surface area contributed by atoms with Crippen LogP contribution in [0.25, 0.3) is 0 Å². The standard InChI is InChI=1S/C11H22N2O/c1-9-6-12-5-3-4-11(12)8-13(9)7-10(2)14/h9-11,14H,3-8H2,1-2H3. The molecule has 0 radical (unpaired) electrons. The molecule has 3 heteroatoms. The molecule has 14 heavy (non-hydrogen) atoms. The van der Waals surface area contributed by atoms with Gasteiger partial charge in [-0.15, -0.1) is 0 Å².